The van der Waals surface area contributed by atoms with Gasteiger partial charge in [-0.25, -0.2) is 9.59 Å². The van der Waals surface area contributed by atoms with E-state index in [0.29, 0.717) is 32.8 Å². The summed E-state index contributed by atoms with van der Waals surface area (Å²) in [6.07, 6.45) is 3.88. The van der Waals surface area contributed by atoms with E-state index < -0.39 is 12.0 Å². The second kappa shape index (κ2) is 7.89. The monoisotopic (exact) mass is 396 g/mol. The lowest BCUT2D eigenvalue weighted by molar-refractivity contribution is -0.146. The van der Waals surface area contributed by atoms with Crippen molar-refractivity contribution < 1.29 is 14.3 Å². The zero-order valence-corrected chi connectivity index (χ0v) is 16.3. The van der Waals surface area contributed by atoms with Gasteiger partial charge >= 0.3 is 12.0 Å². The molecular weight excluding hydrogens is 375 g/mol. The third kappa shape index (κ3) is 4.15. The molecule has 5 nitrogen and oxygen atoms in total. The molecule has 0 bridgehead atoms. The third-order valence-corrected chi connectivity index (χ3v) is 5.67. The van der Waals surface area contributed by atoms with E-state index in [1.807, 2.05) is 0 Å². The molecule has 0 spiro atoms. The summed E-state index contributed by atoms with van der Waals surface area (Å²) in [6.45, 7) is 3.87. The number of hydrogen-bond donors (Lipinski definition) is 2. The Morgan fingerprint density at radius 1 is 1.23 bits per heavy atom. The second-order valence-electron chi connectivity index (χ2n) is 7.04. The summed E-state index contributed by atoms with van der Waals surface area (Å²) in [7, 11) is 0. The minimum absolute atomic E-state index is 0.0846. The van der Waals surface area contributed by atoms with Gasteiger partial charge in [-0.2, -0.15) is 0 Å². The van der Waals surface area contributed by atoms with Crippen molar-refractivity contribution >= 4 is 35.2 Å². The van der Waals surface area contributed by atoms with Gasteiger partial charge in [0.2, 0.25) is 0 Å². The van der Waals surface area contributed by atoms with E-state index in [1.165, 1.54) is 6.42 Å². The van der Waals surface area contributed by atoms with Crippen molar-refractivity contribution in [2.75, 3.05) is 0 Å². The van der Waals surface area contributed by atoms with Gasteiger partial charge in [0, 0.05) is 5.70 Å². The van der Waals surface area contributed by atoms with E-state index in [0.717, 1.165) is 19.3 Å². The van der Waals surface area contributed by atoms with Gasteiger partial charge in [0.05, 0.1) is 21.7 Å². The number of carbonyl (C=O) groups excluding carboxylic acids is 2. The fourth-order valence-electron chi connectivity index (χ4n) is 3.61. The molecule has 7 heteroatoms. The predicted molar refractivity (Wildman–Crippen MR) is 101 cm³/mol. The highest BCUT2D eigenvalue weighted by Crippen LogP contribution is 2.33. The van der Waals surface area contributed by atoms with Crippen molar-refractivity contribution in [2.45, 2.75) is 51.7 Å². The first-order chi connectivity index (χ1) is 12.3. The summed E-state index contributed by atoms with van der Waals surface area (Å²) in [5.41, 5.74) is 1.55. The van der Waals surface area contributed by atoms with E-state index in [-0.39, 0.29) is 12.1 Å². The number of rotatable bonds is 3. The summed E-state index contributed by atoms with van der Waals surface area (Å²) in [5.74, 6) is 0.136. The minimum atomic E-state index is -0.632. The van der Waals surface area contributed by atoms with Crippen LogP contribution in [0.2, 0.25) is 10.0 Å². The molecule has 1 aliphatic carbocycles. The smallest absolute Gasteiger partial charge is 0.338 e. The predicted octanol–water partition coefficient (Wildman–Crippen LogP) is 4.74. The Morgan fingerprint density at radius 3 is 2.69 bits per heavy atom. The average molecular weight is 397 g/mol. The Hall–Kier alpha value is -1.72. The Kier molecular flexibility index (Phi) is 5.78. The second-order valence-corrected chi connectivity index (χ2v) is 7.86. The number of ether oxygens (including phenoxy) is 1. The van der Waals surface area contributed by atoms with Crippen LogP contribution in [-0.4, -0.2) is 18.1 Å². The summed E-state index contributed by atoms with van der Waals surface area (Å²) >= 11 is 12.1. The fourth-order valence-corrected chi connectivity index (χ4v) is 3.91. The Morgan fingerprint density at radius 2 is 2.00 bits per heavy atom. The zero-order chi connectivity index (χ0) is 18.8. The van der Waals surface area contributed by atoms with Crippen LogP contribution in [0.5, 0.6) is 0 Å². The van der Waals surface area contributed by atoms with Crippen molar-refractivity contribution in [2.24, 2.45) is 5.92 Å². The third-order valence-electron chi connectivity index (χ3n) is 4.93. The van der Waals surface area contributed by atoms with Crippen molar-refractivity contribution in [1.29, 1.82) is 0 Å². The van der Waals surface area contributed by atoms with Crippen LogP contribution < -0.4 is 10.6 Å². The van der Waals surface area contributed by atoms with Crippen LogP contribution in [0.4, 0.5) is 4.79 Å². The van der Waals surface area contributed by atoms with Gasteiger partial charge in [-0.3, -0.25) is 0 Å². The van der Waals surface area contributed by atoms with Gasteiger partial charge in [-0.05, 0) is 49.8 Å². The van der Waals surface area contributed by atoms with Crippen LogP contribution >= 0.6 is 23.2 Å². The first kappa shape index (κ1) is 19.1. The lowest BCUT2D eigenvalue weighted by Crippen LogP contribution is -2.45. The molecular formula is C19H22Cl2N2O3. The van der Waals surface area contributed by atoms with Crippen LogP contribution in [0.1, 0.15) is 51.1 Å². The highest BCUT2D eigenvalue weighted by Gasteiger charge is 2.34. The molecule has 2 amide bonds. The van der Waals surface area contributed by atoms with Crippen LogP contribution in [0.25, 0.3) is 0 Å². The molecule has 0 aromatic heterocycles. The topological polar surface area (TPSA) is 67.4 Å². The van der Waals surface area contributed by atoms with E-state index in [4.69, 9.17) is 27.9 Å². The number of urea groups is 1. The van der Waals surface area contributed by atoms with E-state index in [2.05, 4.69) is 17.6 Å². The first-order valence-electron chi connectivity index (χ1n) is 8.79. The van der Waals surface area contributed by atoms with Crippen LogP contribution in [-0.2, 0) is 9.53 Å². The number of allylic oxidation sites excluding steroid dienone is 1. The molecule has 3 rings (SSSR count). The van der Waals surface area contributed by atoms with Gasteiger partial charge in [0.15, 0.2) is 0 Å². The molecule has 0 saturated heterocycles. The summed E-state index contributed by atoms with van der Waals surface area (Å²) in [4.78, 5) is 24.8. The van der Waals surface area contributed by atoms with Crippen molar-refractivity contribution in [3.63, 3.8) is 0 Å². The number of hydrogen-bond acceptors (Lipinski definition) is 3. The molecule has 1 fully saturated rings. The summed E-state index contributed by atoms with van der Waals surface area (Å²) in [5, 5.41) is 6.21. The van der Waals surface area contributed by atoms with Gasteiger partial charge in [0.25, 0.3) is 0 Å². The highest BCUT2D eigenvalue weighted by atomic mass is 35.5. The summed E-state index contributed by atoms with van der Waals surface area (Å²) < 4.78 is 5.77. The maximum atomic E-state index is 12.9. The number of halogens is 2. The number of amides is 2. The normalized spacial score (nSPS) is 26.2. The molecule has 1 aromatic carbocycles. The molecule has 2 aliphatic rings. The Bertz CT molecular complexity index is 763. The van der Waals surface area contributed by atoms with Crippen LogP contribution in [0.15, 0.2) is 29.5 Å². The molecule has 140 valence electrons. The average Bonchev–Trinajstić information content (AvgIpc) is 2.56. The molecule has 2 N–H and O–H groups in total. The first-order valence-corrected chi connectivity index (χ1v) is 9.55. The summed E-state index contributed by atoms with van der Waals surface area (Å²) in [6, 6.07) is 4.04. The quantitative estimate of drug-likeness (QED) is 0.724. The maximum Gasteiger partial charge on any atom is 0.338 e. The number of carbonyl (C=O) groups is 2. The van der Waals surface area contributed by atoms with Crippen molar-refractivity contribution in [3.05, 3.63) is 45.1 Å². The molecule has 1 aromatic rings. The van der Waals surface area contributed by atoms with E-state index >= 15 is 0 Å². The van der Waals surface area contributed by atoms with Crippen LogP contribution in [0.3, 0.4) is 0 Å². The molecule has 1 aliphatic heterocycles. The Labute approximate surface area is 163 Å². The molecule has 1 heterocycles. The Balaban J connectivity index is 1.87. The van der Waals surface area contributed by atoms with E-state index in [9.17, 15) is 9.59 Å². The lowest BCUT2D eigenvalue weighted by Gasteiger charge is -2.31. The number of nitrogens with one attached hydrogen (secondary N) is 2. The highest BCUT2D eigenvalue weighted by molar-refractivity contribution is 6.42. The van der Waals surface area contributed by atoms with Gasteiger partial charge in [0.1, 0.15) is 6.10 Å². The van der Waals surface area contributed by atoms with Crippen LogP contribution in [0, 0.1) is 5.92 Å². The van der Waals surface area contributed by atoms with Crippen molar-refractivity contribution in [3.8, 4) is 0 Å². The largest absolute Gasteiger partial charge is 0.459 e. The molecule has 1 saturated carbocycles. The number of esters is 1. The molecule has 0 unspecified atom stereocenters. The van der Waals surface area contributed by atoms with Gasteiger partial charge in [-0.15, -0.1) is 0 Å². The standard InChI is InChI=1S/C19H22Cl2N2O3/c1-10-4-3-5-13(8-10)26-18(24)16-11(2)22-19(25)23-17(16)12-6-7-14(20)15(21)9-12/h6-7,9-10,13,17H,3-5,8H2,1-2H3,(H2,22,23,25)/t10-,13-,17+/m1/s1. The van der Waals surface area contributed by atoms with Gasteiger partial charge < -0.3 is 15.4 Å². The maximum absolute atomic E-state index is 12.9. The molecule has 0 radical (unpaired) electrons. The van der Waals surface area contributed by atoms with Gasteiger partial charge in [-0.1, -0.05) is 42.6 Å². The zero-order valence-electron chi connectivity index (χ0n) is 14.8. The van der Waals surface area contributed by atoms with E-state index in [1.54, 1.807) is 25.1 Å². The number of benzene rings is 1. The minimum Gasteiger partial charge on any atom is -0.459 e. The van der Waals surface area contributed by atoms with Crippen molar-refractivity contribution in [1.82, 2.24) is 10.6 Å². The molecule has 26 heavy (non-hydrogen) atoms. The lowest BCUT2D eigenvalue weighted by atomic mass is 9.88. The fraction of sp³-hybridized carbons (Fsp3) is 0.474. The molecule has 3 atom stereocenters. The SMILES string of the molecule is CC1=C(C(=O)O[C@@H]2CCC[C@@H](C)C2)[C@H](c2ccc(Cl)c(Cl)c2)NC(=O)N1.